The van der Waals surface area contributed by atoms with Gasteiger partial charge in [-0.2, -0.15) is 0 Å². The van der Waals surface area contributed by atoms with E-state index in [1.807, 2.05) is 0 Å². The Labute approximate surface area is 116 Å². The van der Waals surface area contributed by atoms with Gasteiger partial charge in [-0.15, -0.1) is 0 Å². The Hall–Kier alpha value is -1.60. The van der Waals surface area contributed by atoms with Gasteiger partial charge in [0.05, 0.1) is 22.7 Å². The molecule has 1 amide bonds. The summed E-state index contributed by atoms with van der Waals surface area (Å²) in [6.45, 7) is 0. The molecule has 0 saturated carbocycles. The highest BCUT2D eigenvalue weighted by molar-refractivity contribution is 9.11. The van der Waals surface area contributed by atoms with Crippen LogP contribution in [0.15, 0.2) is 28.2 Å². The first kappa shape index (κ1) is 12.8. The van der Waals surface area contributed by atoms with E-state index in [0.717, 1.165) is 3.79 Å². The van der Waals surface area contributed by atoms with E-state index < -0.39 is 0 Å². The van der Waals surface area contributed by atoms with Crippen molar-refractivity contribution in [1.82, 2.24) is 4.98 Å². The molecule has 0 atom stereocenters. The van der Waals surface area contributed by atoms with Crippen LogP contribution in [0.25, 0.3) is 0 Å². The number of rotatable bonds is 3. The molecule has 1 aromatic heterocycles. The summed E-state index contributed by atoms with van der Waals surface area (Å²) in [5.74, 6) is 0.267. The highest BCUT2D eigenvalue weighted by Crippen LogP contribution is 2.25. The minimum Gasteiger partial charge on any atom is -0.497 e. The third-order valence-electron chi connectivity index (χ3n) is 2.20. The number of anilines is 2. The molecule has 0 fully saturated rings. The van der Waals surface area contributed by atoms with Crippen LogP contribution in [-0.4, -0.2) is 18.0 Å². The molecule has 94 valence electrons. The van der Waals surface area contributed by atoms with E-state index in [1.54, 1.807) is 24.4 Å². The molecule has 2 aromatic rings. The molecule has 0 radical (unpaired) electrons. The Bertz CT molecular complexity index is 585. The molecule has 7 heteroatoms. The Kier molecular flexibility index (Phi) is 3.83. The predicted octanol–water partition coefficient (Wildman–Crippen LogP) is 2.75. The number of carbonyl (C=O) groups excluding carboxylic acids is 1. The number of nitrogen functional groups attached to an aromatic ring is 1. The second-order valence-corrected chi connectivity index (χ2v) is 5.79. The Morgan fingerprint density at radius 1 is 1.56 bits per heavy atom. The van der Waals surface area contributed by atoms with Crippen LogP contribution in [0.5, 0.6) is 5.75 Å². The van der Waals surface area contributed by atoms with Gasteiger partial charge in [0.25, 0.3) is 5.91 Å². The van der Waals surface area contributed by atoms with Crippen LogP contribution >= 0.6 is 27.3 Å². The number of halogens is 1. The maximum Gasteiger partial charge on any atom is 0.259 e. The van der Waals surface area contributed by atoms with Crippen LogP contribution in [0.1, 0.15) is 10.4 Å². The number of methoxy groups -OCH3 is 1. The molecule has 3 N–H and O–H groups in total. The topological polar surface area (TPSA) is 77.2 Å². The van der Waals surface area contributed by atoms with Gasteiger partial charge in [-0.1, -0.05) is 11.3 Å². The van der Waals surface area contributed by atoms with Crippen LogP contribution < -0.4 is 15.8 Å². The molecular weight excluding hydrogens is 318 g/mol. The van der Waals surface area contributed by atoms with Crippen molar-refractivity contribution in [2.75, 3.05) is 18.2 Å². The van der Waals surface area contributed by atoms with Gasteiger partial charge >= 0.3 is 0 Å². The maximum absolute atomic E-state index is 12.0. The van der Waals surface area contributed by atoms with E-state index >= 15 is 0 Å². The lowest BCUT2D eigenvalue weighted by molar-refractivity contribution is 0.102. The van der Waals surface area contributed by atoms with Gasteiger partial charge in [0.15, 0.2) is 5.13 Å². The Morgan fingerprint density at radius 3 is 2.94 bits per heavy atom. The van der Waals surface area contributed by atoms with Crippen molar-refractivity contribution in [2.24, 2.45) is 0 Å². The summed E-state index contributed by atoms with van der Waals surface area (Å²) < 4.78 is 5.90. The van der Waals surface area contributed by atoms with Gasteiger partial charge in [0.2, 0.25) is 0 Å². The van der Waals surface area contributed by atoms with Crippen molar-refractivity contribution >= 4 is 44.0 Å². The molecule has 0 aliphatic heterocycles. The molecule has 18 heavy (non-hydrogen) atoms. The third-order valence-corrected chi connectivity index (χ3v) is 3.59. The number of nitrogens with zero attached hydrogens (tertiary/aromatic N) is 1. The molecule has 1 aromatic carbocycles. The highest BCUT2D eigenvalue weighted by Gasteiger charge is 2.12. The minimum absolute atomic E-state index is 0.312. The van der Waals surface area contributed by atoms with Gasteiger partial charge in [-0.25, -0.2) is 4.98 Å². The number of benzene rings is 1. The quantitative estimate of drug-likeness (QED) is 0.850. The lowest BCUT2D eigenvalue weighted by Crippen LogP contribution is -2.13. The van der Waals surface area contributed by atoms with E-state index in [1.165, 1.54) is 18.4 Å². The Balaban J connectivity index is 2.23. The molecule has 2 rings (SSSR count). The molecule has 0 unspecified atom stereocenters. The van der Waals surface area contributed by atoms with Gasteiger partial charge < -0.3 is 10.5 Å². The number of nitrogens with one attached hydrogen (secondary N) is 1. The zero-order chi connectivity index (χ0) is 13.1. The van der Waals surface area contributed by atoms with Crippen LogP contribution in [0.2, 0.25) is 0 Å². The second kappa shape index (κ2) is 5.36. The first-order chi connectivity index (χ1) is 8.60. The second-order valence-electron chi connectivity index (χ2n) is 3.38. The predicted molar refractivity (Wildman–Crippen MR) is 75.2 cm³/mol. The number of ether oxygens (including phenoxy) is 1. The lowest BCUT2D eigenvalue weighted by atomic mass is 10.1. The van der Waals surface area contributed by atoms with Gasteiger partial charge in [-0.3, -0.25) is 10.1 Å². The average molecular weight is 328 g/mol. The normalized spacial score (nSPS) is 10.1. The first-order valence-corrected chi connectivity index (χ1v) is 6.57. The van der Waals surface area contributed by atoms with E-state index in [9.17, 15) is 4.79 Å². The molecule has 0 spiro atoms. The van der Waals surface area contributed by atoms with Crippen molar-refractivity contribution in [3.05, 3.63) is 33.7 Å². The summed E-state index contributed by atoms with van der Waals surface area (Å²) in [5.41, 5.74) is 6.52. The van der Waals surface area contributed by atoms with Gasteiger partial charge in [-0.05, 0) is 34.1 Å². The lowest BCUT2D eigenvalue weighted by Gasteiger charge is -2.07. The number of nitrogens with two attached hydrogens (primary N) is 1. The van der Waals surface area contributed by atoms with Crippen LogP contribution in [0, 0.1) is 0 Å². The zero-order valence-corrected chi connectivity index (χ0v) is 11.8. The number of hydrogen-bond donors (Lipinski definition) is 2. The number of aromatic nitrogens is 1. The van der Waals surface area contributed by atoms with E-state index in [2.05, 4.69) is 26.2 Å². The summed E-state index contributed by atoms with van der Waals surface area (Å²) in [6, 6.07) is 4.92. The van der Waals surface area contributed by atoms with Crippen LogP contribution in [0.4, 0.5) is 10.8 Å². The summed E-state index contributed by atoms with van der Waals surface area (Å²) in [6.07, 6.45) is 1.62. The van der Waals surface area contributed by atoms with Gasteiger partial charge in [0, 0.05) is 5.69 Å². The van der Waals surface area contributed by atoms with Crippen molar-refractivity contribution in [3.63, 3.8) is 0 Å². The maximum atomic E-state index is 12.0. The third kappa shape index (κ3) is 2.80. The average Bonchev–Trinajstić information content (AvgIpc) is 2.75. The summed E-state index contributed by atoms with van der Waals surface area (Å²) in [4.78, 5) is 16.0. The summed E-state index contributed by atoms with van der Waals surface area (Å²) >= 11 is 4.60. The molecule has 5 nitrogen and oxygen atoms in total. The largest absolute Gasteiger partial charge is 0.497 e. The van der Waals surface area contributed by atoms with Crippen molar-refractivity contribution < 1.29 is 9.53 Å². The molecule has 0 saturated heterocycles. The summed E-state index contributed by atoms with van der Waals surface area (Å²) in [5, 5.41) is 3.18. The number of hydrogen-bond acceptors (Lipinski definition) is 5. The molecule has 0 aliphatic carbocycles. The number of thiazole rings is 1. The molecular formula is C11H10BrN3O2S. The zero-order valence-electron chi connectivity index (χ0n) is 9.44. The molecule has 1 heterocycles. The fraction of sp³-hybridized carbons (Fsp3) is 0.0909. The smallest absolute Gasteiger partial charge is 0.259 e. The van der Waals surface area contributed by atoms with E-state index in [0.29, 0.717) is 22.1 Å². The number of amides is 1. The fourth-order valence-electron chi connectivity index (χ4n) is 1.34. The monoisotopic (exact) mass is 327 g/mol. The molecule has 0 bridgehead atoms. The van der Waals surface area contributed by atoms with E-state index in [4.69, 9.17) is 10.5 Å². The number of carbonyl (C=O) groups is 1. The standard InChI is InChI=1S/C11H10BrN3O2S/c1-17-6-2-3-8(13)7(4-6)10(16)15-11-14-5-9(12)18-11/h2-5H,13H2,1H3,(H,14,15,16). The minimum atomic E-state index is -0.312. The summed E-state index contributed by atoms with van der Waals surface area (Å²) in [7, 11) is 1.53. The van der Waals surface area contributed by atoms with Crippen molar-refractivity contribution in [3.8, 4) is 5.75 Å². The SMILES string of the molecule is COc1ccc(N)c(C(=O)Nc2ncc(Br)s2)c1. The van der Waals surface area contributed by atoms with Crippen molar-refractivity contribution in [2.45, 2.75) is 0 Å². The Morgan fingerprint density at radius 2 is 2.33 bits per heavy atom. The van der Waals surface area contributed by atoms with Gasteiger partial charge in [0.1, 0.15) is 5.75 Å². The van der Waals surface area contributed by atoms with Crippen LogP contribution in [-0.2, 0) is 0 Å². The fourth-order valence-corrected chi connectivity index (χ4v) is 2.44. The van der Waals surface area contributed by atoms with E-state index in [-0.39, 0.29) is 5.91 Å². The van der Waals surface area contributed by atoms with Crippen molar-refractivity contribution in [1.29, 1.82) is 0 Å². The molecule has 0 aliphatic rings. The highest BCUT2D eigenvalue weighted by atomic mass is 79.9. The van der Waals surface area contributed by atoms with Crippen LogP contribution in [0.3, 0.4) is 0 Å². The first-order valence-electron chi connectivity index (χ1n) is 4.96.